The standard InChI is InChI=1S/C16H16N2O2S/c1-12-3-5-14(6-4-12)11-21(19,20)18-16-8-7-15(10-17)13(2)9-16/h3-9,18H,11H2,1-2H3. The molecule has 0 fully saturated rings. The minimum Gasteiger partial charge on any atom is -0.283 e. The van der Waals surface area contributed by atoms with Gasteiger partial charge in [-0.25, -0.2) is 8.42 Å². The second-order valence-corrected chi connectivity index (χ2v) is 6.71. The smallest absolute Gasteiger partial charge is 0.236 e. The van der Waals surface area contributed by atoms with Gasteiger partial charge in [0.05, 0.1) is 17.4 Å². The van der Waals surface area contributed by atoms with Gasteiger partial charge >= 0.3 is 0 Å². The summed E-state index contributed by atoms with van der Waals surface area (Å²) in [5.41, 5.74) is 3.58. The Bertz CT molecular complexity index is 788. The molecule has 0 unspecified atom stereocenters. The summed E-state index contributed by atoms with van der Waals surface area (Å²) in [7, 11) is -3.47. The zero-order valence-corrected chi connectivity index (χ0v) is 12.7. The van der Waals surface area contributed by atoms with Gasteiger partial charge in [-0.15, -0.1) is 0 Å². The fourth-order valence-corrected chi connectivity index (χ4v) is 3.16. The van der Waals surface area contributed by atoms with Gasteiger partial charge in [0.1, 0.15) is 0 Å². The summed E-state index contributed by atoms with van der Waals surface area (Å²) in [6.07, 6.45) is 0. The Morgan fingerprint density at radius 1 is 1.10 bits per heavy atom. The quantitative estimate of drug-likeness (QED) is 0.943. The highest BCUT2D eigenvalue weighted by atomic mass is 32.2. The van der Waals surface area contributed by atoms with Gasteiger partial charge in [-0.1, -0.05) is 29.8 Å². The molecule has 2 rings (SSSR count). The van der Waals surface area contributed by atoms with E-state index < -0.39 is 10.0 Å². The lowest BCUT2D eigenvalue weighted by Gasteiger charge is -2.09. The van der Waals surface area contributed by atoms with E-state index >= 15 is 0 Å². The van der Waals surface area contributed by atoms with Gasteiger partial charge in [0.15, 0.2) is 0 Å². The molecule has 0 aliphatic rings. The zero-order valence-electron chi connectivity index (χ0n) is 11.9. The molecule has 1 N–H and O–H groups in total. The van der Waals surface area contributed by atoms with Gasteiger partial charge in [-0.2, -0.15) is 5.26 Å². The Kier molecular flexibility index (Phi) is 4.29. The van der Waals surface area contributed by atoms with Gasteiger partial charge < -0.3 is 0 Å². The van der Waals surface area contributed by atoms with Gasteiger partial charge in [-0.3, -0.25) is 4.72 Å². The summed E-state index contributed by atoms with van der Waals surface area (Å²) < 4.78 is 26.8. The van der Waals surface area contributed by atoms with Gasteiger partial charge in [0.25, 0.3) is 0 Å². The Balaban J connectivity index is 2.16. The number of rotatable bonds is 4. The maximum atomic E-state index is 12.1. The molecular formula is C16H16N2O2S. The molecule has 0 heterocycles. The molecule has 0 amide bonds. The molecule has 0 aliphatic heterocycles. The first-order valence-electron chi connectivity index (χ1n) is 6.46. The second kappa shape index (κ2) is 5.98. The van der Waals surface area contributed by atoms with E-state index in [1.807, 2.05) is 19.1 Å². The van der Waals surface area contributed by atoms with Crippen molar-refractivity contribution in [3.05, 3.63) is 64.7 Å². The van der Waals surface area contributed by atoms with Crippen LogP contribution < -0.4 is 4.72 Å². The summed E-state index contributed by atoms with van der Waals surface area (Å²) in [6.45, 7) is 3.73. The third kappa shape index (κ3) is 4.07. The molecule has 2 aromatic rings. The summed E-state index contributed by atoms with van der Waals surface area (Å²) in [5.74, 6) is -0.0771. The molecule has 0 aromatic heterocycles. The maximum Gasteiger partial charge on any atom is 0.236 e. The molecule has 4 nitrogen and oxygen atoms in total. The van der Waals surface area contributed by atoms with Crippen LogP contribution in [0.2, 0.25) is 0 Å². The van der Waals surface area contributed by atoms with E-state index in [0.717, 1.165) is 16.7 Å². The van der Waals surface area contributed by atoms with Crippen molar-refractivity contribution in [3.63, 3.8) is 0 Å². The van der Waals surface area contributed by atoms with Crippen LogP contribution in [-0.4, -0.2) is 8.42 Å². The van der Waals surface area contributed by atoms with Gasteiger partial charge in [0.2, 0.25) is 10.0 Å². The van der Waals surface area contributed by atoms with Gasteiger partial charge in [-0.05, 0) is 43.2 Å². The van der Waals surface area contributed by atoms with Crippen molar-refractivity contribution in [3.8, 4) is 6.07 Å². The van der Waals surface area contributed by atoms with E-state index in [9.17, 15) is 8.42 Å². The highest BCUT2D eigenvalue weighted by molar-refractivity contribution is 7.91. The number of hydrogen-bond acceptors (Lipinski definition) is 3. The minimum atomic E-state index is -3.47. The molecule has 5 heteroatoms. The predicted octanol–water partition coefficient (Wildman–Crippen LogP) is 3.12. The lowest BCUT2D eigenvalue weighted by atomic mass is 10.1. The first kappa shape index (κ1) is 15.1. The first-order valence-corrected chi connectivity index (χ1v) is 8.11. The number of benzene rings is 2. The summed E-state index contributed by atoms with van der Waals surface area (Å²) >= 11 is 0. The van der Waals surface area contributed by atoms with Crippen molar-refractivity contribution in [2.75, 3.05) is 4.72 Å². The Hall–Kier alpha value is -2.32. The number of sulfonamides is 1. The number of nitrogens with zero attached hydrogens (tertiary/aromatic N) is 1. The van der Waals surface area contributed by atoms with Crippen LogP contribution in [0.3, 0.4) is 0 Å². The molecule has 0 bridgehead atoms. The maximum absolute atomic E-state index is 12.1. The molecule has 0 radical (unpaired) electrons. The van der Waals surface area contributed by atoms with Crippen LogP contribution >= 0.6 is 0 Å². The number of anilines is 1. The topological polar surface area (TPSA) is 70.0 Å². The van der Waals surface area contributed by atoms with Crippen LogP contribution in [0.1, 0.15) is 22.3 Å². The number of hydrogen-bond donors (Lipinski definition) is 1. The molecule has 108 valence electrons. The Morgan fingerprint density at radius 3 is 2.33 bits per heavy atom. The second-order valence-electron chi connectivity index (χ2n) is 4.99. The van der Waals surface area contributed by atoms with Crippen molar-refractivity contribution in [1.82, 2.24) is 0 Å². The van der Waals surface area contributed by atoms with E-state index in [-0.39, 0.29) is 5.75 Å². The van der Waals surface area contributed by atoms with Crippen LogP contribution in [0.15, 0.2) is 42.5 Å². The molecule has 0 spiro atoms. The lowest BCUT2D eigenvalue weighted by Crippen LogP contribution is -2.15. The summed E-state index contributed by atoms with van der Waals surface area (Å²) in [5, 5.41) is 8.87. The summed E-state index contributed by atoms with van der Waals surface area (Å²) in [4.78, 5) is 0. The molecule has 0 atom stereocenters. The average molecular weight is 300 g/mol. The van der Waals surface area contributed by atoms with Crippen LogP contribution in [0.25, 0.3) is 0 Å². The normalized spacial score (nSPS) is 10.9. The molecule has 0 saturated heterocycles. The largest absolute Gasteiger partial charge is 0.283 e. The van der Waals surface area contributed by atoms with Crippen molar-refractivity contribution in [1.29, 1.82) is 5.26 Å². The minimum absolute atomic E-state index is 0.0771. The van der Waals surface area contributed by atoms with Crippen molar-refractivity contribution >= 4 is 15.7 Å². The van der Waals surface area contributed by atoms with Crippen LogP contribution in [0.5, 0.6) is 0 Å². The molecular weight excluding hydrogens is 284 g/mol. The fraction of sp³-hybridized carbons (Fsp3) is 0.188. The van der Waals surface area contributed by atoms with Crippen LogP contribution in [0.4, 0.5) is 5.69 Å². The van der Waals surface area contributed by atoms with Crippen molar-refractivity contribution < 1.29 is 8.42 Å². The van der Waals surface area contributed by atoms with E-state index in [1.165, 1.54) is 0 Å². The summed E-state index contributed by atoms with van der Waals surface area (Å²) in [6, 6.07) is 14.3. The number of nitriles is 1. The highest BCUT2D eigenvalue weighted by Crippen LogP contribution is 2.17. The van der Waals surface area contributed by atoms with Crippen molar-refractivity contribution in [2.24, 2.45) is 0 Å². The SMILES string of the molecule is Cc1ccc(CS(=O)(=O)Nc2ccc(C#N)c(C)c2)cc1. The Morgan fingerprint density at radius 2 is 1.76 bits per heavy atom. The molecule has 0 aliphatic carbocycles. The Labute approximate surface area is 125 Å². The first-order chi connectivity index (χ1) is 9.89. The van der Waals surface area contributed by atoms with Crippen molar-refractivity contribution in [2.45, 2.75) is 19.6 Å². The van der Waals surface area contributed by atoms with E-state index in [2.05, 4.69) is 10.8 Å². The fourth-order valence-electron chi connectivity index (χ4n) is 1.97. The average Bonchev–Trinajstić information content (AvgIpc) is 2.41. The van der Waals surface area contributed by atoms with E-state index in [1.54, 1.807) is 37.3 Å². The third-order valence-electron chi connectivity index (χ3n) is 3.10. The predicted molar refractivity (Wildman–Crippen MR) is 83.3 cm³/mol. The van der Waals surface area contributed by atoms with Crippen LogP contribution in [-0.2, 0) is 15.8 Å². The lowest BCUT2D eigenvalue weighted by molar-refractivity contribution is 0.600. The van der Waals surface area contributed by atoms with E-state index in [0.29, 0.717) is 11.3 Å². The molecule has 0 saturated carbocycles. The monoisotopic (exact) mass is 300 g/mol. The number of aryl methyl sites for hydroxylation is 2. The highest BCUT2D eigenvalue weighted by Gasteiger charge is 2.12. The zero-order chi connectivity index (χ0) is 15.5. The number of nitrogens with one attached hydrogen (secondary N) is 1. The van der Waals surface area contributed by atoms with E-state index in [4.69, 9.17) is 5.26 Å². The van der Waals surface area contributed by atoms with Gasteiger partial charge in [0, 0.05) is 5.69 Å². The molecule has 21 heavy (non-hydrogen) atoms. The van der Waals surface area contributed by atoms with Crippen LogP contribution in [0, 0.1) is 25.2 Å². The molecule has 2 aromatic carbocycles. The third-order valence-corrected chi connectivity index (χ3v) is 4.36.